The molecule has 1 aliphatic rings. The van der Waals surface area contributed by atoms with Crippen molar-refractivity contribution in [3.05, 3.63) is 122 Å². The van der Waals surface area contributed by atoms with E-state index in [0.717, 1.165) is 37.1 Å². The number of para-hydroxylation sites is 1. The summed E-state index contributed by atoms with van der Waals surface area (Å²) in [5.41, 5.74) is 3.60. The van der Waals surface area contributed by atoms with Crippen LogP contribution in [0.3, 0.4) is 0 Å². The molecule has 4 aromatic rings. The van der Waals surface area contributed by atoms with Gasteiger partial charge in [0.25, 0.3) is 5.91 Å². The Labute approximate surface area is 266 Å². The molecule has 0 aliphatic carbocycles. The third kappa shape index (κ3) is 7.45. The van der Waals surface area contributed by atoms with E-state index >= 15 is 0 Å². The van der Waals surface area contributed by atoms with Crippen LogP contribution >= 0.6 is 43.6 Å². The van der Waals surface area contributed by atoms with Gasteiger partial charge in [-0.05, 0) is 106 Å². The Hall–Kier alpha value is -3.53. The minimum absolute atomic E-state index is 0.116. The number of methoxy groups -OCH3 is 1. The van der Waals surface area contributed by atoms with Gasteiger partial charge in [0.05, 0.1) is 35.3 Å². The predicted molar refractivity (Wildman–Crippen MR) is 176 cm³/mol. The zero-order valence-electron chi connectivity index (χ0n) is 23.1. The van der Waals surface area contributed by atoms with E-state index in [2.05, 4.69) is 31.9 Å². The standard InChI is InChI=1S/C33H28Br2N2O4S/c1-3-40-29-18-24(17-28(35)31(29)41-21-23-9-13-25(34)14-10-23)19-30-32(38)37(20-22-11-15-27(39-2)16-12-22)33(42-30)36-26-7-5-4-6-8-26/h4-19H,3,20-21H2,1-2H3/b30-19-,36-33?. The maximum Gasteiger partial charge on any atom is 0.267 e. The number of aliphatic imine (C=N–C) groups is 1. The molecule has 6 nitrogen and oxygen atoms in total. The molecular formula is C33H28Br2N2O4S. The second-order valence-corrected chi connectivity index (χ2v) is 12.0. The molecular weight excluding hydrogens is 680 g/mol. The second-order valence-electron chi connectivity index (χ2n) is 9.26. The van der Waals surface area contributed by atoms with Crippen molar-refractivity contribution in [1.82, 2.24) is 4.90 Å². The van der Waals surface area contributed by atoms with Gasteiger partial charge in [0.1, 0.15) is 12.4 Å². The molecule has 1 aliphatic heterocycles. The molecule has 214 valence electrons. The molecule has 0 atom stereocenters. The Kier molecular flexibility index (Phi) is 10.0. The molecule has 4 aromatic carbocycles. The smallest absolute Gasteiger partial charge is 0.267 e. The van der Waals surface area contributed by atoms with Crippen LogP contribution in [0.1, 0.15) is 23.6 Å². The third-order valence-electron chi connectivity index (χ3n) is 6.29. The summed E-state index contributed by atoms with van der Waals surface area (Å²) in [6.45, 7) is 3.17. The average Bonchev–Trinajstić information content (AvgIpc) is 3.27. The number of thioether (sulfide) groups is 1. The fraction of sp³-hybridized carbons (Fsp3) is 0.152. The highest BCUT2D eigenvalue weighted by Gasteiger charge is 2.33. The van der Waals surface area contributed by atoms with E-state index < -0.39 is 0 Å². The molecule has 0 unspecified atom stereocenters. The highest BCUT2D eigenvalue weighted by Crippen LogP contribution is 2.40. The molecule has 9 heteroatoms. The van der Waals surface area contributed by atoms with Crippen molar-refractivity contribution in [2.24, 2.45) is 4.99 Å². The topological polar surface area (TPSA) is 60.4 Å². The molecule has 42 heavy (non-hydrogen) atoms. The molecule has 0 bridgehead atoms. The van der Waals surface area contributed by atoms with Crippen LogP contribution in [0, 0.1) is 0 Å². The second kappa shape index (κ2) is 14.1. The van der Waals surface area contributed by atoms with E-state index in [1.165, 1.54) is 11.8 Å². The van der Waals surface area contributed by atoms with Crippen molar-refractivity contribution in [3.63, 3.8) is 0 Å². The van der Waals surface area contributed by atoms with Gasteiger partial charge in [-0.3, -0.25) is 9.69 Å². The molecule has 0 aromatic heterocycles. The maximum atomic E-state index is 13.7. The maximum absolute atomic E-state index is 13.7. The molecule has 0 spiro atoms. The van der Waals surface area contributed by atoms with Gasteiger partial charge in [0.2, 0.25) is 0 Å². The van der Waals surface area contributed by atoms with Gasteiger partial charge >= 0.3 is 0 Å². The van der Waals surface area contributed by atoms with Crippen molar-refractivity contribution >= 4 is 66.5 Å². The van der Waals surface area contributed by atoms with Gasteiger partial charge in [-0.15, -0.1) is 0 Å². The lowest BCUT2D eigenvalue weighted by atomic mass is 10.1. The first-order valence-electron chi connectivity index (χ1n) is 13.2. The third-order valence-corrected chi connectivity index (χ3v) is 8.42. The number of hydrogen-bond acceptors (Lipinski definition) is 6. The number of hydrogen-bond donors (Lipinski definition) is 0. The van der Waals surface area contributed by atoms with Crippen molar-refractivity contribution in [2.75, 3.05) is 13.7 Å². The Morgan fingerprint density at radius 3 is 2.31 bits per heavy atom. The molecule has 0 radical (unpaired) electrons. The summed E-state index contributed by atoms with van der Waals surface area (Å²) in [5, 5.41) is 0.617. The number of carbonyl (C=O) groups is 1. The van der Waals surface area contributed by atoms with E-state index in [4.69, 9.17) is 19.2 Å². The van der Waals surface area contributed by atoms with Crippen molar-refractivity contribution in [3.8, 4) is 17.2 Å². The number of rotatable bonds is 10. The van der Waals surface area contributed by atoms with Gasteiger partial charge in [-0.25, -0.2) is 4.99 Å². The van der Waals surface area contributed by atoms with Crippen LogP contribution in [0.15, 0.2) is 110 Å². The van der Waals surface area contributed by atoms with Gasteiger partial charge < -0.3 is 14.2 Å². The van der Waals surface area contributed by atoms with E-state index in [-0.39, 0.29) is 5.91 Å². The zero-order chi connectivity index (χ0) is 29.5. The van der Waals surface area contributed by atoms with Crippen LogP contribution < -0.4 is 14.2 Å². The predicted octanol–water partition coefficient (Wildman–Crippen LogP) is 9.00. The Bertz CT molecular complexity index is 1610. The van der Waals surface area contributed by atoms with Crippen molar-refractivity contribution in [1.29, 1.82) is 0 Å². The number of amides is 1. The van der Waals surface area contributed by atoms with Crippen LogP contribution in [-0.2, 0) is 17.9 Å². The zero-order valence-corrected chi connectivity index (χ0v) is 27.0. The Morgan fingerprint density at radius 1 is 0.905 bits per heavy atom. The number of halogens is 2. The van der Waals surface area contributed by atoms with Crippen molar-refractivity contribution < 1.29 is 19.0 Å². The average molecular weight is 708 g/mol. The minimum atomic E-state index is -0.116. The number of amidine groups is 1. The van der Waals surface area contributed by atoms with E-state index in [1.54, 1.807) is 12.0 Å². The van der Waals surface area contributed by atoms with Gasteiger partial charge in [0, 0.05) is 4.47 Å². The van der Waals surface area contributed by atoms with Crippen LogP contribution in [0.4, 0.5) is 5.69 Å². The van der Waals surface area contributed by atoms with E-state index in [0.29, 0.717) is 41.3 Å². The van der Waals surface area contributed by atoms with Gasteiger partial charge in [-0.1, -0.05) is 58.4 Å². The summed E-state index contributed by atoms with van der Waals surface area (Å²) in [4.78, 5) is 20.8. The van der Waals surface area contributed by atoms with E-state index in [1.807, 2.05) is 104 Å². The molecule has 1 fully saturated rings. The quantitative estimate of drug-likeness (QED) is 0.154. The lowest BCUT2D eigenvalue weighted by Gasteiger charge is -2.16. The summed E-state index contributed by atoms with van der Waals surface area (Å²) < 4.78 is 19.1. The SMILES string of the molecule is CCOc1cc(/C=C2\SC(=Nc3ccccc3)N(Cc3ccc(OC)cc3)C2=O)cc(Br)c1OCc1ccc(Br)cc1. The van der Waals surface area contributed by atoms with Crippen LogP contribution in [0.25, 0.3) is 6.08 Å². The summed E-state index contributed by atoms with van der Waals surface area (Å²) in [6, 6.07) is 29.1. The largest absolute Gasteiger partial charge is 0.497 e. The highest BCUT2D eigenvalue weighted by molar-refractivity contribution is 9.10. The summed E-state index contributed by atoms with van der Waals surface area (Å²) in [6.07, 6.45) is 1.87. The molecule has 1 heterocycles. The molecule has 0 N–H and O–H groups in total. The fourth-order valence-electron chi connectivity index (χ4n) is 4.22. The molecule has 5 rings (SSSR count). The Balaban J connectivity index is 1.44. The van der Waals surface area contributed by atoms with Crippen LogP contribution in [-0.4, -0.2) is 29.7 Å². The first-order chi connectivity index (χ1) is 20.4. The normalized spacial score (nSPS) is 15.0. The summed E-state index contributed by atoms with van der Waals surface area (Å²) in [5.74, 6) is 1.86. The fourth-order valence-corrected chi connectivity index (χ4v) is 6.06. The molecule has 0 saturated carbocycles. The molecule has 1 amide bonds. The highest BCUT2D eigenvalue weighted by atomic mass is 79.9. The van der Waals surface area contributed by atoms with Crippen LogP contribution in [0.2, 0.25) is 0 Å². The first kappa shape index (κ1) is 29.9. The summed E-state index contributed by atoms with van der Waals surface area (Å²) >= 11 is 8.48. The number of ether oxygens (including phenoxy) is 3. The number of benzene rings is 4. The van der Waals surface area contributed by atoms with Crippen LogP contribution in [0.5, 0.6) is 17.2 Å². The number of carbonyl (C=O) groups excluding carboxylic acids is 1. The Morgan fingerprint density at radius 2 is 1.62 bits per heavy atom. The molecule has 1 saturated heterocycles. The van der Waals surface area contributed by atoms with Crippen molar-refractivity contribution in [2.45, 2.75) is 20.1 Å². The van der Waals surface area contributed by atoms with Gasteiger partial charge in [-0.2, -0.15) is 0 Å². The minimum Gasteiger partial charge on any atom is -0.497 e. The van der Waals surface area contributed by atoms with E-state index in [9.17, 15) is 4.79 Å². The monoisotopic (exact) mass is 706 g/mol. The number of nitrogens with zero attached hydrogens (tertiary/aromatic N) is 2. The lowest BCUT2D eigenvalue weighted by Crippen LogP contribution is -2.28. The lowest BCUT2D eigenvalue weighted by molar-refractivity contribution is -0.122. The summed E-state index contributed by atoms with van der Waals surface area (Å²) in [7, 11) is 1.63. The van der Waals surface area contributed by atoms with Gasteiger partial charge in [0.15, 0.2) is 16.7 Å². The first-order valence-corrected chi connectivity index (χ1v) is 15.7.